The fourth-order valence-electron chi connectivity index (χ4n) is 4.15. The molecule has 128 valence electrons. The lowest BCUT2D eigenvalue weighted by Gasteiger charge is -2.39. The number of imidazole rings is 1. The molecule has 2 aliphatic rings. The first kappa shape index (κ1) is 15.8. The SMILES string of the molecule is Cn1cnc2c1C[C@H](COCc1ccncc1)N(C1CCCC1)C2. The molecule has 1 aliphatic heterocycles. The Balaban J connectivity index is 1.44. The van der Waals surface area contributed by atoms with Crippen LogP contribution in [-0.4, -0.2) is 38.1 Å². The van der Waals surface area contributed by atoms with Crippen molar-refractivity contribution >= 4 is 0 Å². The van der Waals surface area contributed by atoms with Crippen LogP contribution in [0.1, 0.15) is 42.6 Å². The average molecular weight is 326 g/mol. The molecule has 0 radical (unpaired) electrons. The first-order valence-corrected chi connectivity index (χ1v) is 9.02. The summed E-state index contributed by atoms with van der Waals surface area (Å²) in [5, 5.41) is 0. The molecule has 1 saturated carbocycles. The molecule has 0 amide bonds. The van der Waals surface area contributed by atoms with E-state index in [9.17, 15) is 0 Å². The quantitative estimate of drug-likeness (QED) is 0.847. The van der Waals surface area contributed by atoms with E-state index in [0.717, 1.165) is 19.6 Å². The van der Waals surface area contributed by atoms with Crippen LogP contribution in [0.25, 0.3) is 0 Å². The minimum absolute atomic E-state index is 0.456. The van der Waals surface area contributed by atoms with E-state index in [-0.39, 0.29) is 0 Å². The van der Waals surface area contributed by atoms with E-state index in [4.69, 9.17) is 4.74 Å². The van der Waals surface area contributed by atoms with Crippen molar-refractivity contribution in [3.63, 3.8) is 0 Å². The summed E-state index contributed by atoms with van der Waals surface area (Å²) in [5.41, 5.74) is 3.82. The number of fused-ring (bicyclic) bond motifs is 1. The second kappa shape index (κ2) is 7.03. The number of ether oxygens (including phenoxy) is 1. The van der Waals surface area contributed by atoms with Gasteiger partial charge in [0, 0.05) is 50.2 Å². The second-order valence-electron chi connectivity index (χ2n) is 7.09. The summed E-state index contributed by atoms with van der Waals surface area (Å²) in [6, 6.07) is 5.21. The van der Waals surface area contributed by atoms with Gasteiger partial charge in [0.25, 0.3) is 0 Å². The Morgan fingerprint density at radius 1 is 1.21 bits per heavy atom. The zero-order valence-corrected chi connectivity index (χ0v) is 14.4. The molecule has 2 aromatic rings. The summed E-state index contributed by atoms with van der Waals surface area (Å²) in [6.07, 6.45) is 12.0. The average Bonchev–Trinajstić information content (AvgIpc) is 3.26. The Hall–Kier alpha value is -1.72. The molecule has 0 unspecified atom stereocenters. The Kier molecular flexibility index (Phi) is 4.63. The van der Waals surface area contributed by atoms with Crippen molar-refractivity contribution in [2.24, 2.45) is 7.05 Å². The van der Waals surface area contributed by atoms with Crippen LogP contribution in [0.4, 0.5) is 0 Å². The number of nitrogens with zero attached hydrogens (tertiary/aromatic N) is 4. The van der Waals surface area contributed by atoms with Gasteiger partial charge in [0.2, 0.25) is 0 Å². The van der Waals surface area contributed by atoms with Gasteiger partial charge in [0.1, 0.15) is 0 Å². The van der Waals surface area contributed by atoms with Crippen molar-refractivity contribution < 1.29 is 4.74 Å². The Morgan fingerprint density at radius 2 is 2.00 bits per heavy atom. The fraction of sp³-hybridized carbons (Fsp3) is 0.579. The van der Waals surface area contributed by atoms with Crippen LogP contribution in [0, 0.1) is 0 Å². The van der Waals surface area contributed by atoms with E-state index in [1.165, 1.54) is 42.6 Å². The minimum atomic E-state index is 0.456. The van der Waals surface area contributed by atoms with Gasteiger partial charge in [0.05, 0.1) is 25.2 Å². The van der Waals surface area contributed by atoms with E-state index >= 15 is 0 Å². The van der Waals surface area contributed by atoms with Crippen molar-refractivity contribution in [3.8, 4) is 0 Å². The third-order valence-electron chi connectivity index (χ3n) is 5.50. The predicted octanol–water partition coefficient (Wildman–Crippen LogP) is 2.70. The summed E-state index contributed by atoms with van der Waals surface area (Å²) in [7, 11) is 2.10. The lowest BCUT2D eigenvalue weighted by atomic mass is 9.99. The Labute approximate surface area is 143 Å². The normalized spacial score (nSPS) is 22.0. The molecule has 3 heterocycles. The third-order valence-corrected chi connectivity index (χ3v) is 5.50. The molecule has 5 nitrogen and oxygen atoms in total. The molecular formula is C19H26N4O. The van der Waals surface area contributed by atoms with Crippen LogP contribution >= 0.6 is 0 Å². The molecule has 4 rings (SSSR count). The van der Waals surface area contributed by atoms with Crippen LogP contribution < -0.4 is 0 Å². The van der Waals surface area contributed by atoms with E-state index in [2.05, 4.69) is 26.5 Å². The molecule has 2 aromatic heterocycles. The topological polar surface area (TPSA) is 43.2 Å². The van der Waals surface area contributed by atoms with Crippen LogP contribution in [0.3, 0.4) is 0 Å². The summed E-state index contributed by atoms with van der Waals surface area (Å²) >= 11 is 0. The maximum Gasteiger partial charge on any atom is 0.0949 e. The Bertz CT molecular complexity index is 663. The van der Waals surface area contributed by atoms with E-state index in [1.54, 1.807) is 0 Å². The molecule has 0 aromatic carbocycles. The fourth-order valence-corrected chi connectivity index (χ4v) is 4.15. The van der Waals surface area contributed by atoms with Gasteiger partial charge in [-0.25, -0.2) is 4.98 Å². The van der Waals surface area contributed by atoms with E-state index in [0.29, 0.717) is 18.7 Å². The maximum atomic E-state index is 6.08. The number of hydrogen-bond donors (Lipinski definition) is 0. The van der Waals surface area contributed by atoms with Crippen molar-refractivity contribution in [2.45, 2.75) is 57.3 Å². The van der Waals surface area contributed by atoms with Gasteiger partial charge < -0.3 is 9.30 Å². The molecule has 0 bridgehead atoms. The highest BCUT2D eigenvalue weighted by Crippen LogP contribution is 2.31. The zero-order valence-electron chi connectivity index (χ0n) is 14.4. The van der Waals surface area contributed by atoms with E-state index < -0.39 is 0 Å². The monoisotopic (exact) mass is 326 g/mol. The summed E-state index contributed by atoms with van der Waals surface area (Å²) < 4.78 is 8.26. The smallest absolute Gasteiger partial charge is 0.0949 e. The first-order valence-electron chi connectivity index (χ1n) is 9.02. The van der Waals surface area contributed by atoms with Gasteiger partial charge >= 0.3 is 0 Å². The van der Waals surface area contributed by atoms with Crippen LogP contribution in [0.2, 0.25) is 0 Å². The highest BCUT2D eigenvalue weighted by Gasteiger charge is 2.34. The van der Waals surface area contributed by atoms with Gasteiger partial charge in [0.15, 0.2) is 0 Å². The van der Waals surface area contributed by atoms with Crippen molar-refractivity contribution in [2.75, 3.05) is 6.61 Å². The van der Waals surface area contributed by atoms with Crippen molar-refractivity contribution in [1.82, 2.24) is 19.4 Å². The van der Waals surface area contributed by atoms with Crippen LogP contribution in [-0.2, 0) is 31.4 Å². The highest BCUT2D eigenvalue weighted by atomic mass is 16.5. The van der Waals surface area contributed by atoms with Crippen molar-refractivity contribution in [1.29, 1.82) is 0 Å². The van der Waals surface area contributed by atoms with Gasteiger partial charge in [-0.1, -0.05) is 12.8 Å². The molecule has 5 heteroatoms. The second-order valence-corrected chi connectivity index (χ2v) is 7.09. The first-order chi connectivity index (χ1) is 11.8. The van der Waals surface area contributed by atoms with Crippen LogP contribution in [0.5, 0.6) is 0 Å². The maximum absolute atomic E-state index is 6.08. The number of pyridine rings is 1. The summed E-state index contributed by atoms with van der Waals surface area (Å²) in [4.78, 5) is 11.3. The number of rotatable bonds is 5. The standard InChI is InChI=1S/C19H26N4O/c1-22-14-21-18-11-23(16-4-2-3-5-16)17(10-19(18)22)13-24-12-15-6-8-20-9-7-15/h6-9,14,16-17H,2-5,10-13H2,1H3/t17-/m1/s1. The highest BCUT2D eigenvalue weighted by molar-refractivity contribution is 5.19. The number of hydrogen-bond acceptors (Lipinski definition) is 4. The van der Waals surface area contributed by atoms with Crippen LogP contribution in [0.15, 0.2) is 30.9 Å². The summed E-state index contributed by atoms with van der Waals surface area (Å²) in [6.45, 7) is 2.42. The largest absolute Gasteiger partial charge is 0.375 e. The molecule has 24 heavy (non-hydrogen) atoms. The van der Waals surface area contributed by atoms with Gasteiger partial charge in [-0.3, -0.25) is 9.88 Å². The third kappa shape index (κ3) is 3.23. The molecule has 1 atom stereocenters. The molecular weight excluding hydrogens is 300 g/mol. The lowest BCUT2D eigenvalue weighted by Crippen LogP contribution is -2.48. The Morgan fingerprint density at radius 3 is 2.79 bits per heavy atom. The van der Waals surface area contributed by atoms with Crippen molar-refractivity contribution in [3.05, 3.63) is 47.8 Å². The predicted molar refractivity (Wildman–Crippen MR) is 92.4 cm³/mol. The van der Waals surface area contributed by atoms with Gasteiger partial charge in [-0.15, -0.1) is 0 Å². The number of aryl methyl sites for hydroxylation is 1. The summed E-state index contributed by atoms with van der Waals surface area (Å²) in [5.74, 6) is 0. The minimum Gasteiger partial charge on any atom is -0.375 e. The zero-order chi connectivity index (χ0) is 16.4. The molecule has 0 saturated heterocycles. The molecule has 1 aliphatic carbocycles. The lowest BCUT2D eigenvalue weighted by molar-refractivity contribution is 0.0193. The van der Waals surface area contributed by atoms with Gasteiger partial charge in [-0.2, -0.15) is 0 Å². The molecule has 0 N–H and O–H groups in total. The molecule has 1 fully saturated rings. The molecule has 0 spiro atoms. The van der Waals surface area contributed by atoms with Gasteiger partial charge in [-0.05, 0) is 30.5 Å². The van der Waals surface area contributed by atoms with E-state index in [1.807, 2.05) is 30.9 Å². The number of aromatic nitrogens is 3.